The van der Waals surface area contributed by atoms with E-state index in [9.17, 15) is 12.9 Å². The van der Waals surface area contributed by atoms with Crippen molar-refractivity contribution in [3.63, 3.8) is 0 Å². The molecular formula is C6H5ClFNO2S. The summed E-state index contributed by atoms with van der Waals surface area (Å²) in [4.78, 5) is -0.178. The number of hydrogen-bond donors (Lipinski definition) is 0. The van der Waals surface area contributed by atoms with E-state index in [1.165, 1.54) is 24.3 Å². The number of nitrogens with zero attached hydrogens (tertiary/aromatic N) is 1. The van der Waals surface area contributed by atoms with E-state index < -0.39 is 14.1 Å². The molecule has 6 heteroatoms. The van der Waals surface area contributed by atoms with Gasteiger partial charge in [0.15, 0.2) is 0 Å². The van der Waals surface area contributed by atoms with E-state index in [-0.39, 0.29) is 4.90 Å². The van der Waals surface area contributed by atoms with E-state index in [0.29, 0.717) is 0 Å². The molecular weight excluding hydrogens is 205 g/mol. The van der Waals surface area contributed by atoms with E-state index in [4.69, 9.17) is 0 Å². The summed E-state index contributed by atoms with van der Waals surface area (Å²) in [5.41, 5.74) is 0. The van der Waals surface area contributed by atoms with Gasteiger partial charge in [-0.25, -0.2) is 8.42 Å². The highest BCUT2D eigenvalue weighted by Gasteiger charge is 2.21. The maximum absolute atomic E-state index is 12.2. The lowest BCUT2D eigenvalue weighted by Gasteiger charge is -2.02. The van der Waals surface area contributed by atoms with Crippen molar-refractivity contribution < 1.29 is 12.9 Å². The molecule has 66 valence electrons. The molecule has 3 nitrogen and oxygen atoms in total. The molecule has 0 N–H and O–H groups in total. The van der Waals surface area contributed by atoms with Crippen molar-refractivity contribution in [2.24, 2.45) is 0 Å². The third kappa shape index (κ3) is 1.74. The first kappa shape index (κ1) is 9.44. The van der Waals surface area contributed by atoms with Crippen LogP contribution in [0.15, 0.2) is 35.2 Å². The highest BCUT2D eigenvalue weighted by atomic mass is 35.5. The molecule has 0 aliphatic rings. The summed E-state index contributed by atoms with van der Waals surface area (Å²) in [7, 11) is -4.14. The minimum atomic E-state index is -4.14. The lowest BCUT2D eigenvalue weighted by Crippen LogP contribution is -2.12. The molecule has 0 atom stereocenters. The fourth-order valence-electron chi connectivity index (χ4n) is 0.672. The van der Waals surface area contributed by atoms with Crippen molar-refractivity contribution in [3.05, 3.63) is 30.3 Å². The monoisotopic (exact) mass is 209 g/mol. The van der Waals surface area contributed by atoms with Crippen LogP contribution >= 0.6 is 11.8 Å². The van der Waals surface area contributed by atoms with Crippen LogP contribution in [0, 0.1) is 0 Å². The molecule has 0 unspecified atom stereocenters. The van der Waals surface area contributed by atoms with Crippen LogP contribution in [0.1, 0.15) is 0 Å². The van der Waals surface area contributed by atoms with Gasteiger partial charge in [0.25, 0.3) is 10.0 Å². The lowest BCUT2D eigenvalue weighted by molar-refractivity contribution is 0.263. The van der Waals surface area contributed by atoms with Gasteiger partial charge in [0.05, 0.1) is 8.94 Å². The molecule has 0 aromatic heterocycles. The zero-order chi connectivity index (χ0) is 9.19. The number of benzene rings is 1. The Morgan fingerprint density at radius 2 is 1.75 bits per heavy atom. The summed E-state index contributed by atoms with van der Waals surface area (Å²) >= 11 is 4.68. The maximum Gasteiger partial charge on any atom is 0.283 e. The van der Waals surface area contributed by atoms with Crippen molar-refractivity contribution in [1.82, 2.24) is 4.05 Å². The van der Waals surface area contributed by atoms with Crippen molar-refractivity contribution in [2.45, 2.75) is 4.90 Å². The van der Waals surface area contributed by atoms with Crippen molar-refractivity contribution in [1.29, 1.82) is 0 Å². The van der Waals surface area contributed by atoms with Gasteiger partial charge < -0.3 is 0 Å². The Labute approximate surface area is 74.5 Å². The number of sulfonamides is 1. The predicted octanol–water partition coefficient (Wildman–Crippen LogP) is 1.72. The van der Waals surface area contributed by atoms with Gasteiger partial charge in [-0.05, 0) is 12.1 Å². The second-order valence-corrected chi connectivity index (χ2v) is 4.23. The molecule has 1 rings (SSSR count). The minimum Gasteiger partial charge on any atom is -0.203 e. The van der Waals surface area contributed by atoms with E-state index in [1.807, 2.05) is 0 Å². The predicted molar refractivity (Wildman–Crippen MR) is 42.4 cm³/mol. The molecule has 0 saturated carbocycles. The molecule has 12 heavy (non-hydrogen) atoms. The third-order valence-corrected chi connectivity index (χ3v) is 3.00. The maximum atomic E-state index is 12.2. The lowest BCUT2D eigenvalue weighted by atomic mass is 10.4. The Morgan fingerprint density at radius 3 is 2.17 bits per heavy atom. The van der Waals surface area contributed by atoms with Gasteiger partial charge in [-0.2, -0.15) is 0 Å². The molecule has 0 spiro atoms. The zero-order valence-corrected chi connectivity index (χ0v) is 7.39. The summed E-state index contributed by atoms with van der Waals surface area (Å²) in [6.07, 6.45) is 0. The normalized spacial score (nSPS) is 11.9. The number of halogens is 2. The van der Waals surface area contributed by atoms with E-state index in [2.05, 4.69) is 11.8 Å². The Balaban J connectivity index is 3.17. The molecule has 0 radical (unpaired) electrons. The van der Waals surface area contributed by atoms with Crippen LogP contribution < -0.4 is 0 Å². The largest absolute Gasteiger partial charge is 0.283 e. The van der Waals surface area contributed by atoms with Crippen molar-refractivity contribution in [2.75, 3.05) is 0 Å². The summed E-state index contributed by atoms with van der Waals surface area (Å²) in [5, 5.41) is 0. The van der Waals surface area contributed by atoms with Gasteiger partial charge in [-0.3, -0.25) is 0 Å². The van der Waals surface area contributed by atoms with Gasteiger partial charge in [0.2, 0.25) is 0 Å². The fourth-order valence-corrected chi connectivity index (χ4v) is 1.57. The molecule has 0 bridgehead atoms. The third-order valence-electron chi connectivity index (χ3n) is 1.22. The van der Waals surface area contributed by atoms with Crippen molar-refractivity contribution >= 4 is 21.8 Å². The quantitative estimate of drug-likeness (QED) is 0.696. The molecule has 0 aliphatic carbocycles. The van der Waals surface area contributed by atoms with Gasteiger partial charge in [-0.1, -0.05) is 18.2 Å². The summed E-state index contributed by atoms with van der Waals surface area (Å²) in [5.74, 6) is 0. The topological polar surface area (TPSA) is 37.4 Å². The number of rotatable bonds is 2. The molecule has 1 aromatic rings. The van der Waals surface area contributed by atoms with Gasteiger partial charge in [0.1, 0.15) is 0 Å². The van der Waals surface area contributed by atoms with Crippen LogP contribution in [-0.2, 0) is 10.0 Å². The first-order valence-corrected chi connectivity index (χ1v) is 4.75. The summed E-state index contributed by atoms with van der Waals surface area (Å²) in [6, 6.07) is 7.09. The second-order valence-electron chi connectivity index (χ2n) is 1.99. The van der Waals surface area contributed by atoms with Crippen LogP contribution in [0.2, 0.25) is 0 Å². The molecule has 0 heterocycles. The molecule has 0 amide bonds. The highest BCUT2D eigenvalue weighted by Crippen LogP contribution is 2.16. The van der Waals surface area contributed by atoms with E-state index in [1.54, 1.807) is 6.07 Å². The van der Waals surface area contributed by atoms with Crippen molar-refractivity contribution in [3.8, 4) is 0 Å². The Kier molecular flexibility index (Phi) is 2.66. The van der Waals surface area contributed by atoms with Crippen LogP contribution in [0.25, 0.3) is 0 Å². The van der Waals surface area contributed by atoms with Crippen LogP contribution in [0.3, 0.4) is 0 Å². The van der Waals surface area contributed by atoms with E-state index in [0.717, 1.165) is 0 Å². The fraction of sp³-hybridized carbons (Fsp3) is 0. The molecule has 0 saturated heterocycles. The van der Waals surface area contributed by atoms with Crippen LogP contribution in [0.4, 0.5) is 4.48 Å². The van der Waals surface area contributed by atoms with Crippen LogP contribution in [-0.4, -0.2) is 12.5 Å². The first-order chi connectivity index (χ1) is 5.55. The van der Waals surface area contributed by atoms with Crippen LogP contribution in [0.5, 0.6) is 0 Å². The van der Waals surface area contributed by atoms with Gasteiger partial charge in [0, 0.05) is 11.8 Å². The van der Waals surface area contributed by atoms with Gasteiger partial charge in [-0.15, -0.1) is 4.48 Å². The first-order valence-electron chi connectivity index (χ1n) is 2.97. The average Bonchev–Trinajstić information content (AvgIpc) is 2.06. The molecule has 1 aromatic carbocycles. The second kappa shape index (κ2) is 3.38. The van der Waals surface area contributed by atoms with E-state index >= 15 is 0 Å². The summed E-state index contributed by atoms with van der Waals surface area (Å²) in [6.45, 7) is 0. The SMILES string of the molecule is O=S(=O)(c1ccccc1)N(F)Cl. The standard InChI is InChI=1S/C6H5ClFNO2S/c7-9(8)12(10,11)6-4-2-1-3-5-6/h1-5H. The Bertz CT molecular complexity index is 351. The van der Waals surface area contributed by atoms with Gasteiger partial charge >= 0.3 is 0 Å². The number of hydrogen-bond acceptors (Lipinski definition) is 2. The highest BCUT2D eigenvalue weighted by molar-refractivity contribution is 7.89. The summed E-state index contributed by atoms with van der Waals surface area (Å²) < 4.78 is 33.2. The minimum absolute atomic E-state index is 0.178. The molecule has 0 aliphatic heterocycles. The zero-order valence-electron chi connectivity index (χ0n) is 5.81. The average molecular weight is 210 g/mol. The Morgan fingerprint density at radius 1 is 1.25 bits per heavy atom. The Hall–Kier alpha value is -0.650. The smallest absolute Gasteiger partial charge is 0.203 e. The molecule has 0 fully saturated rings.